The Morgan fingerprint density at radius 3 is 2.21 bits per heavy atom. The molecule has 0 aliphatic carbocycles. The van der Waals surface area contributed by atoms with Gasteiger partial charge in [0.15, 0.2) is 6.61 Å². The first-order chi connectivity index (χ1) is 13.4. The molecule has 0 bridgehead atoms. The number of alkyl halides is 3. The van der Waals surface area contributed by atoms with Crippen molar-refractivity contribution in [3.8, 4) is 11.5 Å². The average Bonchev–Trinajstić information content (AvgIpc) is 2.66. The molecule has 0 radical (unpaired) electrons. The van der Waals surface area contributed by atoms with Crippen LogP contribution in [0.15, 0.2) is 48.5 Å². The monoisotopic (exact) mass is 398 g/mol. The second-order valence-electron chi connectivity index (χ2n) is 5.79. The third-order valence-corrected chi connectivity index (χ3v) is 3.57. The Kier molecular flexibility index (Phi) is 7.94. The van der Waals surface area contributed by atoms with Gasteiger partial charge in [0.2, 0.25) is 0 Å². The van der Waals surface area contributed by atoms with Crippen LogP contribution in [-0.2, 0) is 11.4 Å². The number of carbonyl (C=O) groups is 1. The maximum Gasteiger partial charge on any atom is 0.573 e. The van der Waals surface area contributed by atoms with Crippen molar-refractivity contribution in [2.75, 3.05) is 25.0 Å². The molecular weight excluding hydrogens is 377 g/mol. The van der Waals surface area contributed by atoms with E-state index >= 15 is 0 Å². The number of rotatable bonds is 10. The van der Waals surface area contributed by atoms with Crippen LogP contribution in [0.5, 0.6) is 11.5 Å². The highest BCUT2D eigenvalue weighted by Crippen LogP contribution is 2.23. The molecule has 0 aliphatic rings. The number of amides is 1. The topological polar surface area (TPSA) is 79.8 Å². The summed E-state index contributed by atoms with van der Waals surface area (Å²) in [6.07, 6.45) is -4.09. The number of aliphatic hydroxyl groups excluding tert-OH is 1. The molecule has 0 saturated carbocycles. The van der Waals surface area contributed by atoms with E-state index in [1.54, 1.807) is 24.3 Å². The van der Waals surface area contributed by atoms with E-state index in [0.717, 1.165) is 5.56 Å². The Labute approximate surface area is 160 Å². The number of ether oxygens (including phenoxy) is 2. The fourth-order valence-corrected chi connectivity index (χ4v) is 2.21. The molecule has 0 atom stereocenters. The molecule has 0 saturated heterocycles. The molecule has 2 aromatic rings. The van der Waals surface area contributed by atoms with Crippen molar-refractivity contribution in [3.63, 3.8) is 0 Å². The summed E-state index contributed by atoms with van der Waals surface area (Å²) >= 11 is 0. The third-order valence-electron chi connectivity index (χ3n) is 3.57. The van der Waals surface area contributed by atoms with Crippen molar-refractivity contribution < 1.29 is 32.5 Å². The largest absolute Gasteiger partial charge is 0.573 e. The molecule has 1 amide bonds. The Balaban J connectivity index is 1.58. The fourth-order valence-electron chi connectivity index (χ4n) is 2.21. The van der Waals surface area contributed by atoms with Crippen LogP contribution in [0.1, 0.15) is 12.0 Å². The van der Waals surface area contributed by atoms with E-state index < -0.39 is 6.36 Å². The Morgan fingerprint density at radius 2 is 1.61 bits per heavy atom. The molecule has 0 unspecified atom stereocenters. The molecule has 28 heavy (non-hydrogen) atoms. The first-order valence-corrected chi connectivity index (χ1v) is 8.55. The summed E-state index contributed by atoms with van der Waals surface area (Å²) in [7, 11) is 0. The number of anilines is 1. The molecule has 152 valence electrons. The number of benzene rings is 2. The number of halogens is 3. The third kappa shape index (κ3) is 8.17. The van der Waals surface area contributed by atoms with Crippen LogP contribution in [0, 0.1) is 0 Å². The number of hydrogen-bond acceptors (Lipinski definition) is 5. The van der Waals surface area contributed by atoms with Crippen LogP contribution in [0.25, 0.3) is 0 Å². The van der Waals surface area contributed by atoms with E-state index in [2.05, 4.69) is 15.4 Å². The van der Waals surface area contributed by atoms with Gasteiger partial charge in [-0.05, 0) is 48.4 Å². The highest BCUT2D eigenvalue weighted by atomic mass is 19.4. The lowest BCUT2D eigenvalue weighted by Crippen LogP contribution is -2.30. The summed E-state index contributed by atoms with van der Waals surface area (Å²) in [4.78, 5) is 11.7. The van der Waals surface area contributed by atoms with E-state index in [1.807, 2.05) is 0 Å². The zero-order valence-electron chi connectivity index (χ0n) is 15.0. The van der Waals surface area contributed by atoms with Crippen molar-refractivity contribution in [1.82, 2.24) is 5.32 Å². The Morgan fingerprint density at radius 1 is 0.964 bits per heavy atom. The van der Waals surface area contributed by atoms with Crippen LogP contribution >= 0.6 is 0 Å². The summed E-state index contributed by atoms with van der Waals surface area (Å²) < 4.78 is 45.4. The predicted molar refractivity (Wildman–Crippen MR) is 97.1 cm³/mol. The van der Waals surface area contributed by atoms with Crippen molar-refractivity contribution in [3.05, 3.63) is 54.1 Å². The van der Waals surface area contributed by atoms with Crippen molar-refractivity contribution >= 4 is 11.6 Å². The van der Waals surface area contributed by atoms with E-state index in [1.165, 1.54) is 24.3 Å². The molecule has 2 aromatic carbocycles. The van der Waals surface area contributed by atoms with Crippen molar-refractivity contribution in [2.45, 2.75) is 19.4 Å². The minimum absolute atomic E-state index is 0.0553. The molecule has 0 fully saturated rings. The summed E-state index contributed by atoms with van der Waals surface area (Å²) in [6.45, 7) is 0.782. The van der Waals surface area contributed by atoms with Gasteiger partial charge in [0.25, 0.3) is 5.91 Å². The van der Waals surface area contributed by atoms with Crippen molar-refractivity contribution in [1.29, 1.82) is 0 Å². The summed E-state index contributed by atoms with van der Waals surface area (Å²) in [5, 5.41) is 14.7. The molecule has 0 heterocycles. The van der Waals surface area contributed by atoms with Gasteiger partial charge in [-0.1, -0.05) is 12.1 Å². The van der Waals surface area contributed by atoms with Gasteiger partial charge >= 0.3 is 6.36 Å². The van der Waals surface area contributed by atoms with Crippen LogP contribution in [-0.4, -0.2) is 37.1 Å². The summed E-state index contributed by atoms with van der Waals surface area (Å²) in [6, 6.07) is 12.2. The predicted octanol–water partition coefficient (Wildman–Crippen LogP) is 3.07. The number of aliphatic hydroxyl groups is 1. The minimum Gasteiger partial charge on any atom is -0.484 e. The van der Waals surface area contributed by atoms with Crippen LogP contribution in [0.3, 0.4) is 0 Å². The van der Waals surface area contributed by atoms with Gasteiger partial charge in [-0.2, -0.15) is 0 Å². The normalized spacial score (nSPS) is 11.0. The van der Waals surface area contributed by atoms with Crippen LogP contribution < -0.4 is 20.1 Å². The minimum atomic E-state index is -4.71. The molecule has 0 aromatic heterocycles. The zero-order chi connectivity index (χ0) is 20.4. The molecular formula is C19H21F3N2O4. The molecule has 0 aliphatic heterocycles. The second kappa shape index (κ2) is 10.4. The number of hydrogen-bond donors (Lipinski definition) is 3. The molecule has 2 rings (SSSR count). The van der Waals surface area contributed by atoms with Gasteiger partial charge in [0, 0.05) is 18.8 Å². The second-order valence-corrected chi connectivity index (χ2v) is 5.79. The van der Waals surface area contributed by atoms with Crippen molar-refractivity contribution in [2.24, 2.45) is 0 Å². The highest BCUT2D eigenvalue weighted by molar-refractivity contribution is 5.77. The summed E-state index contributed by atoms with van der Waals surface area (Å²) in [5.41, 5.74) is 1.40. The quantitative estimate of drug-likeness (QED) is 0.536. The van der Waals surface area contributed by atoms with Gasteiger partial charge in [0.1, 0.15) is 11.5 Å². The standard InChI is InChI=1S/C19H21F3N2O4/c20-19(21,22)28-17-8-4-15(5-9-17)23-10-1-11-24-18(26)13-27-16-6-2-14(12-25)3-7-16/h2-9,23,25H,1,10-13H2,(H,24,26). The smallest absolute Gasteiger partial charge is 0.484 e. The fraction of sp³-hybridized carbons (Fsp3) is 0.316. The van der Waals surface area contributed by atoms with E-state index in [0.29, 0.717) is 30.9 Å². The average molecular weight is 398 g/mol. The van der Waals surface area contributed by atoms with Gasteiger partial charge < -0.3 is 25.2 Å². The van der Waals surface area contributed by atoms with Crippen LogP contribution in [0.4, 0.5) is 18.9 Å². The molecule has 3 N–H and O–H groups in total. The first kappa shape index (κ1) is 21.4. The lowest BCUT2D eigenvalue weighted by molar-refractivity contribution is -0.274. The summed E-state index contributed by atoms with van der Waals surface area (Å²) in [5.74, 6) is -0.0110. The molecule has 6 nitrogen and oxygen atoms in total. The Bertz CT molecular complexity index is 734. The van der Waals surface area contributed by atoms with Crippen LogP contribution in [0.2, 0.25) is 0 Å². The van der Waals surface area contributed by atoms with E-state index in [9.17, 15) is 18.0 Å². The SMILES string of the molecule is O=C(COc1ccc(CO)cc1)NCCCNc1ccc(OC(F)(F)F)cc1. The lowest BCUT2D eigenvalue weighted by atomic mass is 10.2. The maximum absolute atomic E-state index is 12.1. The number of nitrogens with one attached hydrogen (secondary N) is 2. The number of carbonyl (C=O) groups excluding carboxylic acids is 1. The van der Waals surface area contributed by atoms with E-state index in [-0.39, 0.29) is 24.9 Å². The molecule has 0 spiro atoms. The van der Waals surface area contributed by atoms with Gasteiger partial charge in [0.05, 0.1) is 6.61 Å². The van der Waals surface area contributed by atoms with Gasteiger partial charge in [-0.15, -0.1) is 13.2 Å². The Hall–Kier alpha value is -2.94. The van der Waals surface area contributed by atoms with Gasteiger partial charge in [-0.25, -0.2) is 0 Å². The lowest BCUT2D eigenvalue weighted by Gasteiger charge is -2.11. The first-order valence-electron chi connectivity index (χ1n) is 8.55. The van der Waals surface area contributed by atoms with Gasteiger partial charge in [-0.3, -0.25) is 4.79 Å². The van der Waals surface area contributed by atoms with E-state index in [4.69, 9.17) is 9.84 Å². The zero-order valence-corrected chi connectivity index (χ0v) is 15.0. The highest BCUT2D eigenvalue weighted by Gasteiger charge is 2.30. The molecule has 9 heteroatoms. The maximum atomic E-state index is 12.1.